The number of carbonyl (C=O) groups excluding carboxylic acids is 1. The smallest absolute Gasteiger partial charge is 0.286 e. The summed E-state index contributed by atoms with van der Waals surface area (Å²) in [5.41, 5.74) is 4.05. The summed E-state index contributed by atoms with van der Waals surface area (Å²) in [6.45, 7) is 3.74. The van der Waals surface area contributed by atoms with Crippen molar-refractivity contribution < 1.29 is 26.8 Å². The van der Waals surface area contributed by atoms with Crippen LogP contribution in [-0.4, -0.2) is 38.8 Å². The molecule has 0 unspecified atom stereocenters. The molecule has 0 saturated carbocycles. The van der Waals surface area contributed by atoms with Crippen LogP contribution in [0.15, 0.2) is 48.5 Å². The summed E-state index contributed by atoms with van der Waals surface area (Å²) >= 11 is 0. The zero-order valence-corrected chi connectivity index (χ0v) is 14.7. The molecule has 4 rings (SSSR count). The Morgan fingerprint density at radius 1 is 0.920 bits per heavy atom. The molecule has 0 bridgehead atoms. The van der Waals surface area contributed by atoms with Crippen LogP contribution in [0, 0.1) is 0 Å². The normalized spacial score (nSPS) is 16.4. The van der Waals surface area contributed by atoms with Crippen LogP contribution in [0.5, 0.6) is 0 Å². The molecule has 130 valence electrons. The van der Waals surface area contributed by atoms with E-state index in [1.165, 1.54) is 4.90 Å². The molecule has 4 nitrogen and oxygen atoms in total. The second kappa shape index (κ2) is 7.83. The molecule has 25 heavy (non-hydrogen) atoms. The average molecular weight is 357 g/mol. The molecule has 2 aliphatic heterocycles. The van der Waals surface area contributed by atoms with E-state index in [1.54, 1.807) is 0 Å². The third-order valence-electron chi connectivity index (χ3n) is 4.65. The van der Waals surface area contributed by atoms with Gasteiger partial charge in [-0.2, -0.15) is 0 Å². The maximum atomic E-state index is 13.2. The van der Waals surface area contributed by atoms with Gasteiger partial charge in [0, 0.05) is 0 Å². The first kappa shape index (κ1) is 17.7. The molecule has 0 atom stereocenters. The molecule has 2 heterocycles. The highest BCUT2D eigenvalue weighted by atomic mass is 35.5. The van der Waals surface area contributed by atoms with Crippen LogP contribution in [-0.2, 0) is 9.53 Å². The van der Waals surface area contributed by atoms with Crippen molar-refractivity contribution in [3.05, 3.63) is 59.7 Å². The second-order valence-corrected chi connectivity index (χ2v) is 6.22. The summed E-state index contributed by atoms with van der Waals surface area (Å²) in [4.78, 5) is 16.4. The Morgan fingerprint density at radius 3 is 2.00 bits per heavy atom. The minimum Gasteiger partial charge on any atom is -1.00 e. The molecule has 1 saturated heterocycles. The van der Waals surface area contributed by atoms with E-state index in [-0.39, 0.29) is 18.3 Å². The highest BCUT2D eigenvalue weighted by Gasteiger charge is 2.27. The zero-order valence-electron chi connectivity index (χ0n) is 14.0. The quantitative estimate of drug-likeness (QED) is 0.730. The van der Waals surface area contributed by atoms with Crippen molar-refractivity contribution in [2.24, 2.45) is 0 Å². The number of rotatable bonds is 2. The molecule has 1 fully saturated rings. The van der Waals surface area contributed by atoms with Gasteiger partial charge >= 0.3 is 0 Å². The molecule has 0 aliphatic carbocycles. The minimum absolute atomic E-state index is 0. The number of anilines is 2. The molecule has 0 spiro atoms. The fraction of sp³-hybridized carbons (Fsp3) is 0.250. The largest absolute Gasteiger partial charge is 1.00 e. The lowest BCUT2D eigenvalue weighted by Gasteiger charge is -2.28. The lowest BCUT2D eigenvalue weighted by molar-refractivity contribution is -0.900. The predicted octanol–water partition coefficient (Wildman–Crippen LogP) is -1.25. The van der Waals surface area contributed by atoms with Gasteiger partial charge in [0.25, 0.3) is 5.91 Å². The predicted molar refractivity (Wildman–Crippen MR) is 95.3 cm³/mol. The van der Waals surface area contributed by atoms with Crippen LogP contribution in [0.3, 0.4) is 0 Å². The van der Waals surface area contributed by atoms with E-state index in [0.717, 1.165) is 48.8 Å². The summed E-state index contributed by atoms with van der Waals surface area (Å²) in [5, 5.41) is 0. The number of hydrogen-bond acceptors (Lipinski definition) is 2. The van der Waals surface area contributed by atoms with Gasteiger partial charge in [-0.3, -0.25) is 9.69 Å². The fourth-order valence-corrected chi connectivity index (χ4v) is 3.37. The van der Waals surface area contributed by atoms with Crippen molar-refractivity contribution in [1.29, 1.82) is 0 Å². The highest BCUT2D eigenvalue weighted by Crippen LogP contribution is 2.35. The topological polar surface area (TPSA) is 34.0 Å². The van der Waals surface area contributed by atoms with Crippen molar-refractivity contribution in [3.8, 4) is 0 Å². The van der Waals surface area contributed by atoms with Gasteiger partial charge in [0.15, 0.2) is 6.54 Å². The first-order chi connectivity index (χ1) is 11.8. The number of hydrogen-bond donors (Lipinski definition) is 1. The number of ether oxygens (including phenoxy) is 1. The standard InChI is InChI=1S/C20H20N2O2.ClH/c23-20(15-21-11-13-24-14-12-21)22-18-7-3-1-5-16(18)9-10-17-6-2-4-8-19(17)22;/h1-10H,11-15H2;1H. The minimum atomic E-state index is 0. The maximum absolute atomic E-state index is 13.2. The van der Waals surface area contributed by atoms with E-state index in [1.807, 2.05) is 41.3 Å². The van der Waals surface area contributed by atoms with Crippen LogP contribution in [0.4, 0.5) is 11.4 Å². The van der Waals surface area contributed by atoms with Gasteiger partial charge in [-0.1, -0.05) is 48.6 Å². The number of carbonyl (C=O) groups is 1. The molecule has 2 aliphatic rings. The molecular formula is C20H21ClN2O2. The van der Waals surface area contributed by atoms with Crippen LogP contribution >= 0.6 is 0 Å². The maximum Gasteiger partial charge on any atom is 0.286 e. The Bertz CT molecular complexity index is 735. The number of amides is 1. The first-order valence-electron chi connectivity index (χ1n) is 8.43. The molecule has 2 aromatic carbocycles. The number of nitrogens with one attached hydrogen (secondary N) is 1. The molecular weight excluding hydrogens is 336 g/mol. The van der Waals surface area contributed by atoms with Gasteiger partial charge in [-0.05, 0) is 23.3 Å². The Balaban J connectivity index is 0.00000182. The number of benzene rings is 2. The van der Waals surface area contributed by atoms with E-state index in [4.69, 9.17) is 4.74 Å². The summed E-state index contributed by atoms with van der Waals surface area (Å²) in [7, 11) is 0. The number of para-hydroxylation sites is 2. The van der Waals surface area contributed by atoms with Gasteiger partial charge in [0.2, 0.25) is 0 Å². The summed E-state index contributed by atoms with van der Waals surface area (Å²) in [5.74, 6) is 0.135. The summed E-state index contributed by atoms with van der Waals surface area (Å²) in [6, 6.07) is 16.1. The monoisotopic (exact) mass is 356 g/mol. The number of nitrogens with zero attached hydrogens (tertiary/aromatic N) is 1. The SMILES string of the molecule is O=C(C[NH+]1CCOCC1)N1c2ccccc2C=Cc2ccccc21.[Cl-]. The van der Waals surface area contributed by atoms with Crippen molar-refractivity contribution >= 4 is 29.4 Å². The van der Waals surface area contributed by atoms with E-state index in [9.17, 15) is 4.79 Å². The van der Waals surface area contributed by atoms with Gasteiger partial charge < -0.3 is 22.0 Å². The lowest BCUT2D eigenvalue weighted by Crippen LogP contribution is -3.15. The van der Waals surface area contributed by atoms with Crippen molar-refractivity contribution in [1.82, 2.24) is 0 Å². The third kappa shape index (κ3) is 3.61. The number of morpholine rings is 1. The zero-order chi connectivity index (χ0) is 16.4. The van der Waals surface area contributed by atoms with Crippen LogP contribution in [0.1, 0.15) is 11.1 Å². The van der Waals surface area contributed by atoms with Crippen molar-refractivity contribution in [3.63, 3.8) is 0 Å². The first-order valence-corrected chi connectivity index (χ1v) is 8.43. The Labute approximate surface area is 154 Å². The summed E-state index contributed by atoms with van der Waals surface area (Å²) in [6.07, 6.45) is 4.17. The molecule has 0 radical (unpaired) electrons. The van der Waals surface area contributed by atoms with E-state index >= 15 is 0 Å². The van der Waals surface area contributed by atoms with Crippen LogP contribution in [0.2, 0.25) is 0 Å². The Morgan fingerprint density at radius 2 is 1.44 bits per heavy atom. The lowest BCUT2D eigenvalue weighted by atomic mass is 10.1. The molecule has 0 aromatic heterocycles. The molecule has 5 heteroatoms. The number of fused-ring (bicyclic) bond motifs is 2. The van der Waals surface area contributed by atoms with E-state index < -0.39 is 0 Å². The van der Waals surface area contributed by atoms with Crippen molar-refractivity contribution in [2.45, 2.75) is 0 Å². The van der Waals surface area contributed by atoms with Gasteiger partial charge in [-0.15, -0.1) is 0 Å². The highest BCUT2D eigenvalue weighted by molar-refractivity contribution is 6.06. The van der Waals surface area contributed by atoms with E-state index in [0.29, 0.717) is 6.54 Å². The van der Waals surface area contributed by atoms with Gasteiger partial charge in [0.05, 0.1) is 24.6 Å². The second-order valence-electron chi connectivity index (χ2n) is 6.22. The Hall–Kier alpha value is -2.14. The van der Waals surface area contributed by atoms with Gasteiger partial charge in [-0.25, -0.2) is 0 Å². The molecule has 1 amide bonds. The Kier molecular flexibility index (Phi) is 5.53. The van der Waals surface area contributed by atoms with Gasteiger partial charge in [0.1, 0.15) is 13.1 Å². The van der Waals surface area contributed by atoms with Crippen molar-refractivity contribution in [2.75, 3.05) is 37.7 Å². The number of quaternary nitrogens is 1. The molecule has 1 N–H and O–H groups in total. The van der Waals surface area contributed by atoms with Crippen LogP contribution in [0.25, 0.3) is 12.2 Å². The average Bonchev–Trinajstić information content (AvgIpc) is 2.79. The summed E-state index contributed by atoms with van der Waals surface area (Å²) < 4.78 is 5.40. The fourth-order valence-electron chi connectivity index (χ4n) is 3.37. The third-order valence-corrected chi connectivity index (χ3v) is 4.65. The van der Waals surface area contributed by atoms with Crippen LogP contribution < -0.4 is 22.2 Å². The van der Waals surface area contributed by atoms with E-state index in [2.05, 4.69) is 24.3 Å². The molecule has 2 aromatic rings. The number of halogens is 1.